The molecule has 6 heteroatoms. The van der Waals surface area contributed by atoms with E-state index in [-0.39, 0.29) is 5.97 Å². The van der Waals surface area contributed by atoms with Crippen molar-refractivity contribution in [2.24, 2.45) is 4.99 Å². The van der Waals surface area contributed by atoms with Crippen LogP contribution in [-0.4, -0.2) is 31.4 Å². The third-order valence-electron chi connectivity index (χ3n) is 5.69. The predicted molar refractivity (Wildman–Crippen MR) is 146 cm³/mol. The first-order chi connectivity index (χ1) is 18.1. The van der Waals surface area contributed by atoms with Crippen molar-refractivity contribution in [1.82, 2.24) is 0 Å². The van der Waals surface area contributed by atoms with Gasteiger partial charge in [0.1, 0.15) is 11.5 Å². The number of carbonyl (C=O) groups is 2. The van der Waals surface area contributed by atoms with E-state index in [1.807, 2.05) is 12.1 Å². The smallest absolute Gasteiger partial charge is 0.343 e. The van der Waals surface area contributed by atoms with Gasteiger partial charge in [0.15, 0.2) is 0 Å². The van der Waals surface area contributed by atoms with Crippen LogP contribution in [0.25, 0.3) is 0 Å². The predicted octanol–water partition coefficient (Wildman–Crippen LogP) is 7.57. The number of hydrogen-bond donors (Lipinski definition) is 0. The van der Waals surface area contributed by atoms with Gasteiger partial charge < -0.3 is 14.2 Å². The molecule has 194 valence electrons. The lowest BCUT2D eigenvalue weighted by molar-refractivity contribution is 0.0526. The van der Waals surface area contributed by atoms with E-state index in [1.54, 1.807) is 73.8 Å². The molecule has 0 aliphatic heterocycles. The highest BCUT2D eigenvalue weighted by Crippen LogP contribution is 2.18. The van der Waals surface area contributed by atoms with Crippen molar-refractivity contribution < 1.29 is 23.8 Å². The molecule has 0 atom stereocenters. The van der Waals surface area contributed by atoms with Gasteiger partial charge in [-0.15, -0.1) is 0 Å². The topological polar surface area (TPSA) is 74.2 Å². The van der Waals surface area contributed by atoms with Crippen LogP contribution in [0.4, 0.5) is 5.69 Å². The molecule has 0 aromatic heterocycles. The summed E-state index contributed by atoms with van der Waals surface area (Å²) < 4.78 is 16.2. The van der Waals surface area contributed by atoms with Crippen molar-refractivity contribution in [3.63, 3.8) is 0 Å². The van der Waals surface area contributed by atoms with E-state index in [0.29, 0.717) is 35.8 Å². The minimum absolute atomic E-state index is 0.338. The van der Waals surface area contributed by atoms with Crippen LogP contribution in [0.5, 0.6) is 11.5 Å². The second kappa shape index (κ2) is 15.2. The fourth-order valence-electron chi connectivity index (χ4n) is 3.59. The van der Waals surface area contributed by atoms with Crippen molar-refractivity contribution in [2.45, 2.75) is 52.4 Å². The number of rotatable bonds is 14. The highest BCUT2D eigenvalue weighted by atomic mass is 16.5. The van der Waals surface area contributed by atoms with E-state index < -0.39 is 5.97 Å². The highest BCUT2D eigenvalue weighted by molar-refractivity contribution is 5.91. The van der Waals surface area contributed by atoms with E-state index in [0.717, 1.165) is 17.7 Å². The Hall–Kier alpha value is -3.93. The zero-order valence-electron chi connectivity index (χ0n) is 21.7. The lowest BCUT2D eigenvalue weighted by Gasteiger charge is -2.08. The van der Waals surface area contributed by atoms with Gasteiger partial charge in [-0.1, -0.05) is 39.0 Å². The molecule has 0 radical (unpaired) electrons. The van der Waals surface area contributed by atoms with E-state index in [1.165, 1.54) is 32.1 Å². The molecule has 37 heavy (non-hydrogen) atoms. The summed E-state index contributed by atoms with van der Waals surface area (Å²) in [6.07, 6.45) is 9.01. The number of esters is 2. The first kappa shape index (κ1) is 27.7. The normalized spacial score (nSPS) is 10.9. The van der Waals surface area contributed by atoms with Crippen LogP contribution in [0.2, 0.25) is 0 Å². The number of hydrogen-bond acceptors (Lipinski definition) is 6. The molecule has 0 bridgehead atoms. The minimum atomic E-state index is -0.425. The van der Waals surface area contributed by atoms with E-state index in [9.17, 15) is 9.59 Å². The second-order valence-electron chi connectivity index (χ2n) is 8.62. The van der Waals surface area contributed by atoms with Gasteiger partial charge in [-0.3, -0.25) is 4.99 Å². The number of benzene rings is 3. The Morgan fingerprint density at radius 1 is 0.703 bits per heavy atom. The molecule has 3 rings (SSSR count). The summed E-state index contributed by atoms with van der Waals surface area (Å²) in [5.74, 6) is 0.426. The molecule has 0 heterocycles. The molecule has 3 aromatic rings. The maximum Gasteiger partial charge on any atom is 0.343 e. The average molecular weight is 502 g/mol. The molecule has 3 aromatic carbocycles. The van der Waals surface area contributed by atoms with Crippen molar-refractivity contribution in [2.75, 3.05) is 13.2 Å². The fraction of sp³-hybridized carbons (Fsp3) is 0.323. The lowest BCUT2D eigenvalue weighted by Crippen LogP contribution is -2.08. The fourth-order valence-corrected chi connectivity index (χ4v) is 3.59. The number of unbranched alkanes of at least 4 members (excludes halogenated alkanes) is 5. The summed E-state index contributed by atoms with van der Waals surface area (Å²) in [5, 5.41) is 0. The molecule has 0 aliphatic rings. The molecule has 0 spiro atoms. The first-order valence-corrected chi connectivity index (χ1v) is 13.0. The molecule has 0 amide bonds. The van der Waals surface area contributed by atoms with Gasteiger partial charge in [-0.25, -0.2) is 9.59 Å². The van der Waals surface area contributed by atoms with E-state index >= 15 is 0 Å². The Morgan fingerprint density at radius 2 is 1.30 bits per heavy atom. The Balaban J connectivity index is 1.45. The summed E-state index contributed by atoms with van der Waals surface area (Å²) in [5.41, 5.74) is 2.51. The zero-order chi connectivity index (χ0) is 26.3. The second-order valence-corrected chi connectivity index (χ2v) is 8.62. The third-order valence-corrected chi connectivity index (χ3v) is 5.69. The summed E-state index contributed by atoms with van der Waals surface area (Å²) in [6, 6.07) is 21.0. The van der Waals surface area contributed by atoms with Crippen LogP contribution < -0.4 is 9.47 Å². The number of nitrogens with zero attached hydrogens (tertiary/aromatic N) is 1. The van der Waals surface area contributed by atoms with Gasteiger partial charge >= 0.3 is 11.9 Å². The third kappa shape index (κ3) is 9.56. The Morgan fingerprint density at radius 3 is 1.97 bits per heavy atom. The molecular formula is C31H35NO5. The molecular weight excluding hydrogens is 466 g/mol. The van der Waals surface area contributed by atoms with Crippen molar-refractivity contribution in [1.29, 1.82) is 0 Å². The Labute approximate surface area is 219 Å². The van der Waals surface area contributed by atoms with Gasteiger partial charge in [0, 0.05) is 6.21 Å². The molecule has 0 N–H and O–H groups in total. The highest BCUT2D eigenvalue weighted by Gasteiger charge is 2.09. The maximum atomic E-state index is 12.5. The average Bonchev–Trinajstić information content (AvgIpc) is 2.93. The van der Waals surface area contributed by atoms with Crippen molar-refractivity contribution in [3.8, 4) is 11.5 Å². The number of aliphatic imine (C=N–C) groups is 1. The van der Waals surface area contributed by atoms with Gasteiger partial charge in [0.05, 0.1) is 30.0 Å². The molecule has 0 aliphatic carbocycles. The summed E-state index contributed by atoms with van der Waals surface area (Å²) in [4.78, 5) is 28.6. The van der Waals surface area contributed by atoms with Crippen LogP contribution >= 0.6 is 0 Å². The van der Waals surface area contributed by atoms with Crippen molar-refractivity contribution >= 4 is 23.8 Å². The Kier molecular flexibility index (Phi) is 11.4. The molecule has 0 saturated heterocycles. The number of ether oxygens (including phenoxy) is 3. The first-order valence-electron chi connectivity index (χ1n) is 13.0. The molecule has 0 saturated carbocycles. The SMILES string of the molecule is CCCCCCCCOc1ccc(C(=O)Oc2ccc(C=Nc3ccc(C(=O)OCC)cc3)cc2)cc1. The van der Waals surface area contributed by atoms with Crippen LogP contribution in [-0.2, 0) is 4.74 Å². The molecule has 0 fully saturated rings. The summed E-state index contributed by atoms with van der Waals surface area (Å²) in [7, 11) is 0. The van der Waals surface area contributed by atoms with Gasteiger partial charge in [0.2, 0.25) is 0 Å². The van der Waals surface area contributed by atoms with Crippen molar-refractivity contribution in [3.05, 3.63) is 89.5 Å². The quantitative estimate of drug-likeness (QED) is 0.0985. The van der Waals surface area contributed by atoms with Crippen LogP contribution in [0.15, 0.2) is 77.8 Å². The maximum absolute atomic E-state index is 12.5. The van der Waals surface area contributed by atoms with Crippen LogP contribution in [0, 0.1) is 0 Å². The standard InChI is InChI=1S/C31H35NO5/c1-3-5-6-7-8-9-22-36-28-20-14-26(15-21-28)31(34)37-29-18-10-24(11-19-29)23-32-27-16-12-25(13-17-27)30(33)35-4-2/h10-21,23H,3-9,22H2,1-2H3. The monoisotopic (exact) mass is 501 g/mol. The Bertz CT molecular complexity index is 1140. The van der Waals surface area contributed by atoms with Gasteiger partial charge in [-0.05, 0) is 91.7 Å². The largest absolute Gasteiger partial charge is 0.494 e. The van der Waals surface area contributed by atoms with E-state index in [2.05, 4.69) is 11.9 Å². The van der Waals surface area contributed by atoms with E-state index in [4.69, 9.17) is 14.2 Å². The van der Waals surface area contributed by atoms with Crippen LogP contribution in [0.3, 0.4) is 0 Å². The summed E-state index contributed by atoms with van der Waals surface area (Å²) >= 11 is 0. The van der Waals surface area contributed by atoms with Gasteiger partial charge in [0.25, 0.3) is 0 Å². The molecule has 0 unspecified atom stereocenters. The lowest BCUT2D eigenvalue weighted by atomic mass is 10.1. The molecule has 6 nitrogen and oxygen atoms in total. The summed E-state index contributed by atoms with van der Waals surface area (Å²) in [6.45, 7) is 5.01. The van der Waals surface area contributed by atoms with Crippen LogP contribution in [0.1, 0.15) is 78.7 Å². The zero-order valence-corrected chi connectivity index (χ0v) is 21.7. The van der Waals surface area contributed by atoms with Gasteiger partial charge in [-0.2, -0.15) is 0 Å². The minimum Gasteiger partial charge on any atom is -0.494 e. The number of carbonyl (C=O) groups excluding carboxylic acids is 2.